The Kier molecular flexibility index (Phi) is 11.3. The summed E-state index contributed by atoms with van der Waals surface area (Å²) >= 11 is 0. The summed E-state index contributed by atoms with van der Waals surface area (Å²) in [6, 6.07) is 0.500. The van der Waals surface area contributed by atoms with E-state index >= 15 is 0 Å². The zero-order chi connectivity index (χ0) is 12.2. The third-order valence-electron chi connectivity index (χ3n) is 3.39. The van der Waals surface area contributed by atoms with Crippen LogP contribution >= 0.6 is 0 Å². The SMILES string of the molecule is CCCCCCCCCCC(NN)C(C)C. The van der Waals surface area contributed by atoms with Crippen molar-refractivity contribution in [3.63, 3.8) is 0 Å². The highest BCUT2D eigenvalue weighted by molar-refractivity contribution is 4.67. The van der Waals surface area contributed by atoms with Crippen LogP contribution in [0.25, 0.3) is 0 Å². The van der Waals surface area contributed by atoms with E-state index < -0.39 is 0 Å². The summed E-state index contributed by atoms with van der Waals surface area (Å²) in [5, 5.41) is 0. The monoisotopic (exact) mass is 228 g/mol. The van der Waals surface area contributed by atoms with Gasteiger partial charge in [0, 0.05) is 6.04 Å². The molecule has 0 aromatic carbocycles. The molecule has 0 amide bonds. The zero-order valence-corrected chi connectivity index (χ0v) is 11.6. The lowest BCUT2D eigenvalue weighted by molar-refractivity contribution is 0.369. The van der Waals surface area contributed by atoms with Crippen LogP contribution in [-0.4, -0.2) is 6.04 Å². The molecule has 1 unspecified atom stereocenters. The molecule has 0 rings (SSSR count). The third-order valence-corrected chi connectivity index (χ3v) is 3.39. The molecule has 0 saturated carbocycles. The molecule has 2 nitrogen and oxygen atoms in total. The van der Waals surface area contributed by atoms with Crippen molar-refractivity contribution in [1.82, 2.24) is 5.43 Å². The average molecular weight is 228 g/mol. The summed E-state index contributed by atoms with van der Waals surface area (Å²) in [5.41, 5.74) is 2.92. The highest BCUT2D eigenvalue weighted by Gasteiger charge is 2.09. The summed E-state index contributed by atoms with van der Waals surface area (Å²) in [6.45, 7) is 6.73. The Labute approximate surface area is 102 Å². The minimum Gasteiger partial charge on any atom is -0.271 e. The largest absolute Gasteiger partial charge is 0.271 e. The van der Waals surface area contributed by atoms with E-state index in [1.807, 2.05) is 0 Å². The van der Waals surface area contributed by atoms with Gasteiger partial charge in [-0.3, -0.25) is 11.3 Å². The molecule has 0 aromatic rings. The molecule has 0 spiro atoms. The molecule has 0 bridgehead atoms. The van der Waals surface area contributed by atoms with Crippen LogP contribution in [0.4, 0.5) is 0 Å². The fourth-order valence-electron chi connectivity index (χ4n) is 2.11. The number of nitrogens with one attached hydrogen (secondary N) is 1. The normalized spacial score (nSPS) is 13.3. The molecular formula is C14H32N2. The number of unbranched alkanes of at least 4 members (excludes halogenated alkanes) is 7. The van der Waals surface area contributed by atoms with Gasteiger partial charge in [-0.2, -0.15) is 0 Å². The Morgan fingerprint density at radius 2 is 1.38 bits per heavy atom. The van der Waals surface area contributed by atoms with Gasteiger partial charge in [0.1, 0.15) is 0 Å². The topological polar surface area (TPSA) is 38.0 Å². The molecule has 1 atom stereocenters. The van der Waals surface area contributed by atoms with Gasteiger partial charge in [0.2, 0.25) is 0 Å². The first-order valence-electron chi connectivity index (χ1n) is 7.18. The molecule has 0 aliphatic rings. The van der Waals surface area contributed by atoms with Crippen LogP contribution < -0.4 is 11.3 Å². The molecule has 2 heteroatoms. The smallest absolute Gasteiger partial charge is 0.0233 e. The fraction of sp³-hybridized carbons (Fsp3) is 1.00. The van der Waals surface area contributed by atoms with Gasteiger partial charge in [-0.1, -0.05) is 72.1 Å². The summed E-state index contributed by atoms with van der Waals surface area (Å²) in [6.07, 6.45) is 12.3. The van der Waals surface area contributed by atoms with E-state index in [4.69, 9.17) is 5.84 Å². The second kappa shape index (κ2) is 11.4. The number of hydrogen-bond acceptors (Lipinski definition) is 2. The number of rotatable bonds is 11. The summed E-state index contributed by atoms with van der Waals surface area (Å²) in [4.78, 5) is 0. The summed E-state index contributed by atoms with van der Waals surface area (Å²) in [7, 11) is 0. The van der Waals surface area contributed by atoms with Crippen LogP contribution in [0.15, 0.2) is 0 Å². The molecule has 0 saturated heterocycles. The van der Waals surface area contributed by atoms with Crippen molar-refractivity contribution in [3.8, 4) is 0 Å². The quantitative estimate of drug-likeness (QED) is 0.318. The third kappa shape index (κ3) is 9.17. The lowest BCUT2D eigenvalue weighted by Crippen LogP contribution is -2.38. The van der Waals surface area contributed by atoms with E-state index in [0.717, 1.165) is 0 Å². The van der Waals surface area contributed by atoms with E-state index in [0.29, 0.717) is 12.0 Å². The van der Waals surface area contributed by atoms with Crippen molar-refractivity contribution < 1.29 is 0 Å². The molecular weight excluding hydrogens is 196 g/mol. The van der Waals surface area contributed by atoms with E-state index in [1.165, 1.54) is 57.8 Å². The van der Waals surface area contributed by atoms with Crippen LogP contribution in [0.1, 0.15) is 78.6 Å². The molecule has 16 heavy (non-hydrogen) atoms. The Bertz CT molecular complexity index is 135. The standard InChI is InChI=1S/C14H32N2/c1-4-5-6-7-8-9-10-11-12-14(16-15)13(2)3/h13-14,16H,4-12,15H2,1-3H3. The van der Waals surface area contributed by atoms with E-state index in [1.54, 1.807) is 0 Å². The van der Waals surface area contributed by atoms with Gasteiger partial charge in [-0.05, 0) is 12.3 Å². The Hall–Kier alpha value is -0.0800. The first-order chi connectivity index (χ1) is 7.72. The van der Waals surface area contributed by atoms with Crippen molar-refractivity contribution in [2.45, 2.75) is 84.6 Å². The highest BCUT2D eigenvalue weighted by atomic mass is 15.2. The van der Waals surface area contributed by atoms with Crippen molar-refractivity contribution >= 4 is 0 Å². The van der Waals surface area contributed by atoms with Crippen molar-refractivity contribution in [1.29, 1.82) is 0 Å². The summed E-state index contributed by atoms with van der Waals surface area (Å²) < 4.78 is 0. The van der Waals surface area contributed by atoms with Gasteiger partial charge in [-0.15, -0.1) is 0 Å². The maximum absolute atomic E-state index is 5.52. The first kappa shape index (κ1) is 15.9. The van der Waals surface area contributed by atoms with E-state index in [-0.39, 0.29) is 0 Å². The number of hydrogen-bond donors (Lipinski definition) is 2. The van der Waals surface area contributed by atoms with Crippen molar-refractivity contribution in [3.05, 3.63) is 0 Å². The number of hydrazine groups is 1. The maximum Gasteiger partial charge on any atom is 0.0233 e. The van der Waals surface area contributed by atoms with E-state index in [9.17, 15) is 0 Å². The molecule has 0 radical (unpaired) electrons. The van der Waals surface area contributed by atoms with Crippen LogP contribution in [0, 0.1) is 5.92 Å². The maximum atomic E-state index is 5.52. The van der Waals surface area contributed by atoms with Gasteiger partial charge in [-0.25, -0.2) is 0 Å². The average Bonchev–Trinajstić information content (AvgIpc) is 2.26. The first-order valence-corrected chi connectivity index (χ1v) is 7.18. The van der Waals surface area contributed by atoms with Gasteiger partial charge in [0.05, 0.1) is 0 Å². The molecule has 0 aliphatic carbocycles. The Balaban J connectivity index is 3.19. The fourth-order valence-corrected chi connectivity index (χ4v) is 2.11. The molecule has 98 valence electrons. The van der Waals surface area contributed by atoms with Crippen LogP contribution in [0.2, 0.25) is 0 Å². The predicted octanol–water partition coefficient (Wildman–Crippen LogP) is 4.01. The molecule has 0 aliphatic heterocycles. The lowest BCUT2D eigenvalue weighted by atomic mass is 9.98. The predicted molar refractivity (Wildman–Crippen MR) is 73.2 cm³/mol. The molecule has 3 N–H and O–H groups in total. The van der Waals surface area contributed by atoms with Crippen LogP contribution in [0.3, 0.4) is 0 Å². The van der Waals surface area contributed by atoms with Gasteiger partial charge in [0.25, 0.3) is 0 Å². The minimum atomic E-state index is 0.500. The second-order valence-electron chi connectivity index (χ2n) is 5.28. The van der Waals surface area contributed by atoms with Crippen molar-refractivity contribution in [2.24, 2.45) is 11.8 Å². The minimum absolute atomic E-state index is 0.500. The highest BCUT2D eigenvalue weighted by Crippen LogP contribution is 2.13. The van der Waals surface area contributed by atoms with Crippen molar-refractivity contribution in [2.75, 3.05) is 0 Å². The summed E-state index contributed by atoms with van der Waals surface area (Å²) in [5.74, 6) is 6.17. The molecule has 0 heterocycles. The molecule has 0 fully saturated rings. The van der Waals surface area contributed by atoms with Gasteiger partial charge < -0.3 is 0 Å². The Morgan fingerprint density at radius 1 is 0.875 bits per heavy atom. The Morgan fingerprint density at radius 3 is 1.81 bits per heavy atom. The van der Waals surface area contributed by atoms with Gasteiger partial charge in [0.15, 0.2) is 0 Å². The second-order valence-corrected chi connectivity index (χ2v) is 5.28. The van der Waals surface area contributed by atoms with E-state index in [2.05, 4.69) is 26.2 Å². The van der Waals surface area contributed by atoms with Crippen LogP contribution in [0.5, 0.6) is 0 Å². The molecule has 0 aromatic heterocycles. The zero-order valence-electron chi connectivity index (χ0n) is 11.6. The van der Waals surface area contributed by atoms with Crippen LogP contribution in [-0.2, 0) is 0 Å². The lowest BCUT2D eigenvalue weighted by Gasteiger charge is -2.19. The number of nitrogens with two attached hydrogens (primary N) is 1. The van der Waals surface area contributed by atoms with Gasteiger partial charge >= 0.3 is 0 Å².